The second kappa shape index (κ2) is 5.25. The standard InChI is InChI=1S/C9H20N2O3S/c1-14-6-4-9(2-3-9)8-11-15(12,13)7-5-10/h11H,2-8,10H2,1H3. The third kappa shape index (κ3) is 4.46. The first-order chi connectivity index (χ1) is 7.04. The number of nitrogens with two attached hydrogens (primary N) is 1. The minimum Gasteiger partial charge on any atom is -0.385 e. The van der Waals surface area contributed by atoms with E-state index >= 15 is 0 Å². The number of nitrogens with one attached hydrogen (secondary N) is 1. The van der Waals surface area contributed by atoms with E-state index in [1.165, 1.54) is 0 Å². The van der Waals surface area contributed by atoms with E-state index in [0.717, 1.165) is 19.3 Å². The maximum absolute atomic E-state index is 11.4. The van der Waals surface area contributed by atoms with Crippen LogP contribution < -0.4 is 10.5 Å². The van der Waals surface area contributed by atoms with Crippen LogP contribution in [0.4, 0.5) is 0 Å². The van der Waals surface area contributed by atoms with Gasteiger partial charge in [-0.3, -0.25) is 0 Å². The highest BCUT2D eigenvalue weighted by atomic mass is 32.2. The van der Waals surface area contributed by atoms with Crippen LogP contribution in [0.2, 0.25) is 0 Å². The highest BCUT2D eigenvalue weighted by Gasteiger charge is 2.42. The minimum absolute atomic E-state index is 0.00730. The molecule has 90 valence electrons. The summed E-state index contributed by atoms with van der Waals surface area (Å²) in [6.07, 6.45) is 3.09. The Balaban J connectivity index is 2.30. The van der Waals surface area contributed by atoms with Crippen LogP contribution in [0, 0.1) is 5.41 Å². The normalized spacial score (nSPS) is 19.1. The molecule has 1 rings (SSSR count). The fourth-order valence-electron chi connectivity index (χ4n) is 1.50. The summed E-state index contributed by atoms with van der Waals surface area (Å²) in [6.45, 7) is 1.39. The molecule has 0 unspecified atom stereocenters. The second-order valence-corrected chi connectivity index (χ2v) is 6.10. The van der Waals surface area contributed by atoms with Crippen LogP contribution in [0.15, 0.2) is 0 Å². The Morgan fingerprint density at radius 2 is 2.13 bits per heavy atom. The molecule has 0 aromatic rings. The molecular weight excluding hydrogens is 216 g/mol. The van der Waals surface area contributed by atoms with Gasteiger partial charge in [0.05, 0.1) is 5.75 Å². The number of hydrogen-bond acceptors (Lipinski definition) is 4. The van der Waals surface area contributed by atoms with Crippen molar-refractivity contribution in [1.82, 2.24) is 4.72 Å². The fraction of sp³-hybridized carbons (Fsp3) is 1.00. The van der Waals surface area contributed by atoms with Crippen molar-refractivity contribution in [3.8, 4) is 0 Å². The van der Waals surface area contributed by atoms with Gasteiger partial charge >= 0.3 is 0 Å². The number of sulfonamides is 1. The summed E-state index contributed by atoms with van der Waals surface area (Å²) in [5.74, 6) is 0.00730. The number of hydrogen-bond donors (Lipinski definition) is 2. The molecule has 0 saturated heterocycles. The first-order valence-electron chi connectivity index (χ1n) is 5.20. The Kier molecular flexibility index (Phi) is 4.51. The summed E-state index contributed by atoms with van der Waals surface area (Å²) in [5.41, 5.74) is 5.36. The Labute approximate surface area is 91.4 Å². The van der Waals surface area contributed by atoms with E-state index in [2.05, 4.69) is 4.72 Å². The Bertz CT molecular complexity index is 286. The van der Waals surface area contributed by atoms with Crippen molar-refractivity contribution in [3.05, 3.63) is 0 Å². The van der Waals surface area contributed by atoms with Gasteiger partial charge in [-0.05, 0) is 24.7 Å². The molecular formula is C9H20N2O3S. The van der Waals surface area contributed by atoms with Crippen molar-refractivity contribution >= 4 is 10.0 Å². The third-order valence-corrected chi connectivity index (χ3v) is 4.20. The molecule has 6 heteroatoms. The third-order valence-electron chi connectivity index (χ3n) is 2.85. The summed E-state index contributed by atoms with van der Waals surface area (Å²) in [6, 6.07) is 0. The highest BCUT2D eigenvalue weighted by molar-refractivity contribution is 7.89. The van der Waals surface area contributed by atoms with E-state index in [9.17, 15) is 8.42 Å². The SMILES string of the molecule is COCCC1(CNS(=O)(=O)CCN)CC1. The molecule has 0 bridgehead atoms. The van der Waals surface area contributed by atoms with E-state index in [4.69, 9.17) is 10.5 Å². The average Bonchev–Trinajstić information content (AvgIpc) is 2.93. The lowest BCUT2D eigenvalue weighted by Gasteiger charge is -2.15. The largest absolute Gasteiger partial charge is 0.385 e. The van der Waals surface area contributed by atoms with E-state index in [1.807, 2.05) is 0 Å². The molecule has 0 radical (unpaired) electrons. The molecule has 3 N–H and O–H groups in total. The van der Waals surface area contributed by atoms with E-state index in [-0.39, 0.29) is 17.7 Å². The van der Waals surface area contributed by atoms with E-state index in [0.29, 0.717) is 13.2 Å². The van der Waals surface area contributed by atoms with Crippen molar-refractivity contribution < 1.29 is 13.2 Å². The van der Waals surface area contributed by atoms with E-state index < -0.39 is 10.0 Å². The van der Waals surface area contributed by atoms with Crippen molar-refractivity contribution in [3.63, 3.8) is 0 Å². The molecule has 0 spiro atoms. The fourth-order valence-corrected chi connectivity index (χ4v) is 2.48. The lowest BCUT2D eigenvalue weighted by atomic mass is 10.0. The molecule has 1 aliphatic rings. The molecule has 0 atom stereocenters. The lowest BCUT2D eigenvalue weighted by Crippen LogP contribution is -2.34. The van der Waals surface area contributed by atoms with Crippen molar-refractivity contribution in [2.75, 3.05) is 32.6 Å². The summed E-state index contributed by atoms with van der Waals surface area (Å²) in [5, 5.41) is 0. The lowest BCUT2D eigenvalue weighted by molar-refractivity contribution is 0.173. The molecule has 0 aromatic heterocycles. The van der Waals surface area contributed by atoms with Gasteiger partial charge in [0.25, 0.3) is 0 Å². The first kappa shape index (κ1) is 12.9. The molecule has 15 heavy (non-hydrogen) atoms. The summed E-state index contributed by atoms with van der Waals surface area (Å²) >= 11 is 0. The molecule has 5 nitrogen and oxygen atoms in total. The average molecular weight is 236 g/mol. The molecule has 1 aliphatic carbocycles. The van der Waals surface area contributed by atoms with Gasteiger partial charge in [-0.25, -0.2) is 13.1 Å². The topological polar surface area (TPSA) is 81.4 Å². The summed E-state index contributed by atoms with van der Waals surface area (Å²) < 4.78 is 30.3. The van der Waals surface area contributed by atoms with Gasteiger partial charge < -0.3 is 10.5 Å². The van der Waals surface area contributed by atoms with Crippen LogP contribution in [0.1, 0.15) is 19.3 Å². The molecule has 0 amide bonds. The maximum atomic E-state index is 11.4. The zero-order valence-corrected chi connectivity index (χ0v) is 9.98. The van der Waals surface area contributed by atoms with Crippen LogP contribution in [0.3, 0.4) is 0 Å². The van der Waals surface area contributed by atoms with Gasteiger partial charge in [0.15, 0.2) is 0 Å². The zero-order valence-electron chi connectivity index (χ0n) is 9.16. The Morgan fingerprint density at radius 3 is 2.60 bits per heavy atom. The number of methoxy groups -OCH3 is 1. The molecule has 1 fully saturated rings. The zero-order chi connectivity index (χ0) is 11.4. The van der Waals surface area contributed by atoms with Gasteiger partial charge in [-0.1, -0.05) is 0 Å². The highest BCUT2D eigenvalue weighted by Crippen LogP contribution is 2.48. The van der Waals surface area contributed by atoms with E-state index in [1.54, 1.807) is 7.11 Å². The smallest absolute Gasteiger partial charge is 0.212 e. The van der Waals surface area contributed by atoms with Crippen LogP contribution >= 0.6 is 0 Å². The minimum atomic E-state index is -3.17. The van der Waals surface area contributed by atoms with Crippen LogP contribution in [0.25, 0.3) is 0 Å². The van der Waals surface area contributed by atoms with Crippen LogP contribution in [0.5, 0.6) is 0 Å². The van der Waals surface area contributed by atoms with Gasteiger partial charge in [0.1, 0.15) is 0 Å². The van der Waals surface area contributed by atoms with Gasteiger partial charge in [0.2, 0.25) is 10.0 Å². The second-order valence-electron chi connectivity index (χ2n) is 4.17. The summed E-state index contributed by atoms with van der Waals surface area (Å²) in [7, 11) is -1.50. The molecule has 0 aromatic carbocycles. The van der Waals surface area contributed by atoms with Gasteiger partial charge in [-0.15, -0.1) is 0 Å². The number of ether oxygens (including phenoxy) is 1. The molecule has 0 heterocycles. The Morgan fingerprint density at radius 1 is 1.47 bits per heavy atom. The molecule has 0 aliphatic heterocycles. The molecule has 1 saturated carbocycles. The van der Waals surface area contributed by atoms with Crippen molar-refractivity contribution in [2.45, 2.75) is 19.3 Å². The monoisotopic (exact) mass is 236 g/mol. The van der Waals surface area contributed by atoms with Gasteiger partial charge in [0, 0.05) is 26.8 Å². The van der Waals surface area contributed by atoms with Crippen LogP contribution in [-0.2, 0) is 14.8 Å². The van der Waals surface area contributed by atoms with Gasteiger partial charge in [-0.2, -0.15) is 0 Å². The number of rotatable bonds is 8. The predicted octanol–water partition coefficient (Wildman–Crippen LogP) is -0.319. The van der Waals surface area contributed by atoms with Crippen LogP contribution in [-0.4, -0.2) is 41.0 Å². The quantitative estimate of drug-likeness (QED) is 0.605. The first-order valence-corrected chi connectivity index (χ1v) is 6.85. The van der Waals surface area contributed by atoms with Crippen molar-refractivity contribution in [1.29, 1.82) is 0 Å². The maximum Gasteiger partial charge on any atom is 0.212 e. The Hall–Kier alpha value is -0.170. The summed E-state index contributed by atoms with van der Waals surface area (Å²) in [4.78, 5) is 0. The van der Waals surface area contributed by atoms with Crippen molar-refractivity contribution in [2.24, 2.45) is 11.1 Å². The predicted molar refractivity (Wildman–Crippen MR) is 59.0 cm³/mol.